The van der Waals surface area contributed by atoms with Crippen molar-refractivity contribution in [3.8, 4) is 11.5 Å². The molecule has 0 aliphatic heterocycles. The van der Waals surface area contributed by atoms with Crippen molar-refractivity contribution in [2.75, 3.05) is 21.3 Å². The highest BCUT2D eigenvalue weighted by atomic mass is 16.5. The Morgan fingerprint density at radius 2 is 1.90 bits per heavy atom. The number of aromatic nitrogens is 2. The Kier molecular flexibility index (Phi) is 5.22. The Balaban J connectivity index is 2.41. The molecule has 0 spiro atoms. The normalized spacial score (nSPS) is 12.2. The van der Waals surface area contributed by atoms with Crippen molar-refractivity contribution in [1.29, 1.82) is 0 Å². The molecule has 1 atom stereocenters. The zero-order valence-corrected chi connectivity index (χ0v) is 13.1. The third-order valence-corrected chi connectivity index (χ3v) is 3.51. The fraction of sp³-hybridized carbons (Fsp3) is 0.438. The number of aryl methyl sites for hydroxylation is 1. The van der Waals surface area contributed by atoms with Gasteiger partial charge in [-0.15, -0.1) is 0 Å². The van der Waals surface area contributed by atoms with Crippen LogP contribution in [0.3, 0.4) is 0 Å². The summed E-state index contributed by atoms with van der Waals surface area (Å²) >= 11 is 0. The lowest BCUT2D eigenvalue weighted by molar-refractivity contribution is 0.400. The Morgan fingerprint density at radius 3 is 2.43 bits per heavy atom. The first-order chi connectivity index (χ1) is 10.2. The maximum atomic E-state index is 5.47. The largest absolute Gasteiger partial charge is 0.497 e. The van der Waals surface area contributed by atoms with Crippen molar-refractivity contribution in [3.63, 3.8) is 0 Å². The molecule has 0 amide bonds. The quantitative estimate of drug-likeness (QED) is 0.851. The molecule has 1 aromatic heterocycles. The zero-order chi connectivity index (χ0) is 15.2. The third kappa shape index (κ3) is 3.19. The molecule has 0 aliphatic rings. The second-order valence-electron chi connectivity index (χ2n) is 4.82. The van der Waals surface area contributed by atoms with E-state index in [9.17, 15) is 0 Å². The van der Waals surface area contributed by atoms with Gasteiger partial charge < -0.3 is 14.8 Å². The monoisotopic (exact) mass is 289 g/mol. The van der Waals surface area contributed by atoms with E-state index in [1.165, 1.54) is 0 Å². The predicted molar refractivity (Wildman–Crippen MR) is 83.0 cm³/mol. The highest BCUT2D eigenvalue weighted by molar-refractivity contribution is 5.38. The van der Waals surface area contributed by atoms with E-state index in [-0.39, 0.29) is 6.04 Å². The van der Waals surface area contributed by atoms with Gasteiger partial charge in [-0.2, -0.15) is 5.10 Å². The molecule has 0 bridgehead atoms. The molecule has 114 valence electrons. The first kappa shape index (κ1) is 15.4. The summed E-state index contributed by atoms with van der Waals surface area (Å²) in [5, 5.41) is 7.78. The molecule has 1 N–H and O–H groups in total. The third-order valence-electron chi connectivity index (χ3n) is 3.51. The van der Waals surface area contributed by atoms with E-state index in [1.54, 1.807) is 20.4 Å². The van der Waals surface area contributed by atoms with Crippen LogP contribution in [0, 0.1) is 0 Å². The SMILES string of the molecule is CCCn1ncc(OC)c1C(NC)c1ccc(OC)cc1. The maximum absolute atomic E-state index is 5.47. The molecule has 2 rings (SSSR count). The fourth-order valence-corrected chi connectivity index (χ4v) is 2.47. The molecule has 0 aliphatic carbocycles. The van der Waals surface area contributed by atoms with Crippen LogP contribution in [0.1, 0.15) is 30.6 Å². The minimum absolute atomic E-state index is 0.0277. The zero-order valence-electron chi connectivity index (χ0n) is 13.1. The first-order valence-electron chi connectivity index (χ1n) is 7.16. The Hall–Kier alpha value is -2.01. The number of rotatable bonds is 7. The Morgan fingerprint density at radius 1 is 1.19 bits per heavy atom. The van der Waals surface area contributed by atoms with Gasteiger partial charge in [0.2, 0.25) is 0 Å². The highest BCUT2D eigenvalue weighted by Gasteiger charge is 2.22. The van der Waals surface area contributed by atoms with E-state index >= 15 is 0 Å². The van der Waals surface area contributed by atoms with Gasteiger partial charge in [0, 0.05) is 6.54 Å². The summed E-state index contributed by atoms with van der Waals surface area (Å²) in [5.74, 6) is 1.65. The number of nitrogens with zero attached hydrogens (tertiary/aromatic N) is 2. The van der Waals surface area contributed by atoms with Gasteiger partial charge in [-0.05, 0) is 31.2 Å². The Labute approximate surface area is 125 Å². The molecular formula is C16H23N3O2. The van der Waals surface area contributed by atoms with E-state index < -0.39 is 0 Å². The number of nitrogens with one attached hydrogen (secondary N) is 1. The van der Waals surface area contributed by atoms with Gasteiger partial charge in [0.1, 0.15) is 11.4 Å². The molecule has 1 unspecified atom stereocenters. The molecule has 21 heavy (non-hydrogen) atoms. The summed E-state index contributed by atoms with van der Waals surface area (Å²) in [4.78, 5) is 0. The van der Waals surface area contributed by atoms with Gasteiger partial charge in [0.15, 0.2) is 5.75 Å². The van der Waals surface area contributed by atoms with E-state index in [1.807, 2.05) is 23.9 Å². The summed E-state index contributed by atoms with van der Waals surface area (Å²) < 4.78 is 12.7. The molecule has 5 heteroatoms. The topological polar surface area (TPSA) is 48.3 Å². The summed E-state index contributed by atoms with van der Waals surface area (Å²) in [5.41, 5.74) is 2.20. The van der Waals surface area contributed by atoms with Crippen LogP contribution in [0.4, 0.5) is 0 Å². The molecule has 1 heterocycles. The van der Waals surface area contributed by atoms with Crippen molar-refractivity contribution in [1.82, 2.24) is 15.1 Å². The first-order valence-corrected chi connectivity index (χ1v) is 7.16. The van der Waals surface area contributed by atoms with Crippen LogP contribution < -0.4 is 14.8 Å². The van der Waals surface area contributed by atoms with Gasteiger partial charge >= 0.3 is 0 Å². The van der Waals surface area contributed by atoms with Crippen molar-refractivity contribution in [3.05, 3.63) is 41.7 Å². The van der Waals surface area contributed by atoms with E-state index in [0.29, 0.717) is 0 Å². The maximum Gasteiger partial charge on any atom is 0.161 e. The molecule has 0 radical (unpaired) electrons. The van der Waals surface area contributed by atoms with Crippen LogP contribution >= 0.6 is 0 Å². The van der Waals surface area contributed by atoms with Crippen molar-refractivity contribution >= 4 is 0 Å². The summed E-state index contributed by atoms with van der Waals surface area (Å²) in [6.45, 7) is 3.01. The number of benzene rings is 1. The van der Waals surface area contributed by atoms with Crippen LogP contribution in [0.25, 0.3) is 0 Å². The van der Waals surface area contributed by atoms with Gasteiger partial charge in [-0.25, -0.2) is 0 Å². The second kappa shape index (κ2) is 7.13. The summed E-state index contributed by atoms with van der Waals surface area (Å²) in [6.07, 6.45) is 2.80. The van der Waals surface area contributed by atoms with Crippen LogP contribution in [-0.4, -0.2) is 31.0 Å². The molecule has 0 fully saturated rings. The van der Waals surface area contributed by atoms with Crippen LogP contribution in [0.5, 0.6) is 11.5 Å². The highest BCUT2D eigenvalue weighted by Crippen LogP contribution is 2.30. The van der Waals surface area contributed by atoms with Crippen molar-refractivity contribution in [2.45, 2.75) is 25.9 Å². The van der Waals surface area contributed by atoms with E-state index in [2.05, 4.69) is 29.5 Å². The molecule has 0 saturated heterocycles. The minimum atomic E-state index is 0.0277. The van der Waals surface area contributed by atoms with Crippen LogP contribution in [0.2, 0.25) is 0 Å². The lowest BCUT2D eigenvalue weighted by Gasteiger charge is -2.20. The average Bonchev–Trinajstić information content (AvgIpc) is 2.92. The standard InChI is InChI=1S/C16H23N3O2/c1-5-10-19-16(14(21-4)11-18-19)15(17-2)12-6-8-13(20-3)9-7-12/h6-9,11,15,17H,5,10H2,1-4H3. The van der Waals surface area contributed by atoms with Gasteiger partial charge in [0.05, 0.1) is 26.5 Å². The molecule has 1 aromatic carbocycles. The van der Waals surface area contributed by atoms with Gasteiger partial charge in [-0.1, -0.05) is 19.1 Å². The lowest BCUT2D eigenvalue weighted by atomic mass is 10.0. The number of hydrogen-bond acceptors (Lipinski definition) is 4. The van der Waals surface area contributed by atoms with E-state index in [0.717, 1.165) is 35.7 Å². The number of methoxy groups -OCH3 is 2. The average molecular weight is 289 g/mol. The Bertz CT molecular complexity index is 563. The molecule has 0 saturated carbocycles. The van der Waals surface area contributed by atoms with Crippen LogP contribution in [0.15, 0.2) is 30.5 Å². The second-order valence-corrected chi connectivity index (χ2v) is 4.82. The number of ether oxygens (including phenoxy) is 2. The molecule has 5 nitrogen and oxygen atoms in total. The predicted octanol–water partition coefficient (Wildman–Crippen LogP) is 2.62. The van der Waals surface area contributed by atoms with Crippen LogP contribution in [-0.2, 0) is 6.54 Å². The van der Waals surface area contributed by atoms with E-state index in [4.69, 9.17) is 9.47 Å². The van der Waals surface area contributed by atoms with Crippen molar-refractivity contribution in [2.24, 2.45) is 0 Å². The molecular weight excluding hydrogens is 266 g/mol. The lowest BCUT2D eigenvalue weighted by Crippen LogP contribution is -2.22. The summed E-state index contributed by atoms with van der Waals surface area (Å²) in [6, 6.07) is 8.07. The van der Waals surface area contributed by atoms with Gasteiger partial charge in [0.25, 0.3) is 0 Å². The van der Waals surface area contributed by atoms with Gasteiger partial charge in [-0.3, -0.25) is 4.68 Å². The molecule has 2 aromatic rings. The summed E-state index contributed by atoms with van der Waals surface area (Å²) in [7, 11) is 5.29. The number of hydrogen-bond donors (Lipinski definition) is 1. The fourth-order valence-electron chi connectivity index (χ4n) is 2.47. The van der Waals surface area contributed by atoms with Crippen molar-refractivity contribution < 1.29 is 9.47 Å². The minimum Gasteiger partial charge on any atom is -0.497 e. The smallest absolute Gasteiger partial charge is 0.161 e.